The quantitative estimate of drug-likeness (QED) is 0.830. The van der Waals surface area contributed by atoms with Crippen molar-refractivity contribution in [2.24, 2.45) is 0 Å². The smallest absolute Gasteiger partial charge is 0.240 e. The van der Waals surface area contributed by atoms with E-state index in [0.29, 0.717) is 12.1 Å². The van der Waals surface area contributed by atoms with E-state index < -0.39 is 15.8 Å². The molecule has 0 saturated carbocycles. The molecule has 2 aromatic rings. The van der Waals surface area contributed by atoms with Gasteiger partial charge in [0.15, 0.2) is 0 Å². The Kier molecular flexibility index (Phi) is 5.26. The molecule has 1 heterocycles. The fourth-order valence-electron chi connectivity index (χ4n) is 2.15. The normalized spacial score (nSPS) is 11.6. The molecule has 0 bridgehead atoms. The van der Waals surface area contributed by atoms with E-state index in [-0.39, 0.29) is 4.90 Å². The van der Waals surface area contributed by atoms with Crippen LogP contribution in [0.3, 0.4) is 0 Å². The number of sulfonamides is 1. The number of hydrogen-bond donors (Lipinski definition) is 1. The van der Waals surface area contributed by atoms with E-state index in [4.69, 9.17) is 0 Å². The number of benzene rings is 1. The Morgan fingerprint density at radius 1 is 1.23 bits per heavy atom. The standard InChI is InChI=1S/C16H19FN2O2S/c1-3-4-7-19-22(20,21)15-5-6-16(12(2)8-15)13-9-14(17)11-18-10-13/h5-6,8-11,19H,3-4,7H2,1-2H3. The molecule has 6 heteroatoms. The van der Waals surface area contributed by atoms with Crippen LogP contribution in [0.4, 0.5) is 4.39 Å². The third-order valence-corrected chi connectivity index (χ3v) is 4.81. The molecule has 0 aliphatic heterocycles. The van der Waals surface area contributed by atoms with Crippen molar-refractivity contribution in [2.75, 3.05) is 6.54 Å². The van der Waals surface area contributed by atoms with Crippen molar-refractivity contribution in [1.29, 1.82) is 0 Å². The van der Waals surface area contributed by atoms with Crippen LogP contribution in [-0.2, 0) is 10.0 Å². The fourth-order valence-corrected chi connectivity index (χ4v) is 3.31. The Labute approximate surface area is 130 Å². The number of pyridine rings is 1. The third kappa shape index (κ3) is 3.90. The van der Waals surface area contributed by atoms with Gasteiger partial charge in [0.1, 0.15) is 5.82 Å². The summed E-state index contributed by atoms with van der Waals surface area (Å²) in [5, 5.41) is 0. The molecule has 2 rings (SSSR count). The van der Waals surface area contributed by atoms with Gasteiger partial charge in [-0.2, -0.15) is 0 Å². The molecule has 0 fully saturated rings. The zero-order valence-corrected chi connectivity index (χ0v) is 13.5. The monoisotopic (exact) mass is 322 g/mol. The minimum atomic E-state index is -3.50. The zero-order chi connectivity index (χ0) is 16.2. The molecule has 1 N–H and O–H groups in total. The second-order valence-electron chi connectivity index (χ2n) is 5.12. The number of nitrogens with one attached hydrogen (secondary N) is 1. The molecule has 0 radical (unpaired) electrons. The summed E-state index contributed by atoms with van der Waals surface area (Å²) in [5.41, 5.74) is 2.14. The molecule has 1 aromatic heterocycles. The van der Waals surface area contributed by atoms with Gasteiger partial charge in [0, 0.05) is 18.3 Å². The van der Waals surface area contributed by atoms with E-state index in [2.05, 4.69) is 9.71 Å². The molecule has 4 nitrogen and oxygen atoms in total. The van der Waals surface area contributed by atoms with Gasteiger partial charge in [-0.25, -0.2) is 17.5 Å². The molecule has 0 aliphatic rings. The van der Waals surface area contributed by atoms with Crippen molar-refractivity contribution in [3.63, 3.8) is 0 Å². The van der Waals surface area contributed by atoms with Crippen LogP contribution < -0.4 is 4.72 Å². The van der Waals surface area contributed by atoms with E-state index in [1.54, 1.807) is 25.3 Å². The third-order valence-electron chi connectivity index (χ3n) is 3.35. The summed E-state index contributed by atoms with van der Waals surface area (Å²) in [6.45, 7) is 4.22. The predicted molar refractivity (Wildman–Crippen MR) is 84.5 cm³/mol. The topological polar surface area (TPSA) is 59.1 Å². The average molecular weight is 322 g/mol. The number of unbranched alkanes of at least 4 members (excludes halogenated alkanes) is 1. The first-order valence-corrected chi connectivity index (χ1v) is 8.63. The number of nitrogens with zero attached hydrogens (tertiary/aromatic N) is 1. The highest BCUT2D eigenvalue weighted by atomic mass is 32.2. The van der Waals surface area contributed by atoms with Gasteiger partial charge in [-0.3, -0.25) is 4.98 Å². The van der Waals surface area contributed by atoms with E-state index in [1.165, 1.54) is 12.1 Å². The summed E-state index contributed by atoms with van der Waals surface area (Å²) >= 11 is 0. The summed E-state index contributed by atoms with van der Waals surface area (Å²) in [4.78, 5) is 4.03. The molecular formula is C16H19FN2O2S. The van der Waals surface area contributed by atoms with Gasteiger partial charge in [-0.05, 0) is 42.7 Å². The summed E-state index contributed by atoms with van der Waals surface area (Å²) < 4.78 is 40.2. The molecule has 118 valence electrons. The lowest BCUT2D eigenvalue weighted by molar-refractivity contribution is 0.578. The van der Waals surface area contributed by atoms with Crippen LogP contribution in [0.25, 0.3) is 11.1 Å². The maximum Gasteiger partial charge on any atom is 0.240 e. The Hall–Kier alpha value is -1.79. The van der Waals surface area contributed by atoms with Gasteiger partial charge in [0.05, 0.1) is 11.1 Å². The van der Waals surface area contributed by atoms with Crippen molar-refractivity contribution in [3.8, 4) is 11.1 Å². The molecule has 22 heavy (non-hydrogen) atoms. The summed E-state index contributed by atoms with van der Waals surface area (Å²) in [7, 11) is -3.50. The van der Waals surface area contributed by atoms with Crippen LogP contribution in [-0.4, -0.2) is 19.9 Å². The molecule has 1 aromatic carbocycles. The summed E-state index contributed by atoms with van der Waals surface area (Å²) in [6.07, 6.45) is 4.41. The van der Waals surface area contributed by atoms with Gasteiger partial charge in [-0.15, -0.1) is 0 Å². The van der Waals surface area contributed by atoms with E-state index in [0.717, 1.165) is 30.2 Å². The first kappa shape index (κ1) is 16.6. The molecule has 0 aliphatic carbocycles. The van der Waals surface area contributed by atoms with E-state index in [1.807, 2.05) is 6.92 Å². The molecule has 0 amide bonds. The lowest BCUT2D eigenvalue weighted by Crippen LogP contribution is -2.24. The maximum absolute atomic E-state index is 13.3. The fraction of sp³-hybridized carbons (Fsp3) is 0.312. The first-order valence-electron chi connectivity index (χ1n) is 7.15. The van der Waals surface area contributed by atoms with Crippen LogP contribution in [0.1, 0.15) is 25.3 Å². The van der Waals surface area contributed by atoms with Crippen LogP contribution in [0.2, 0.25) is 0 Å². The average Bonchev–Trinajstić information content (AvgIpc) is 2.47. The second kappa shape index (κ2) is 6.98. The van der Waals surface area contributed by atoms with Crippen molar-refractivity contribution in [3.05, 3.63) is 48.0 Å². The van der Waals surface area contributed by atoms with E-state index in [9.17, 15) is 12.8 Å². The molecular weight excluding hydrogens is 303 g/mol. The highest BCUT2D eigenvalue weighted by molar-refractivity contribution is 7.89. The SMILES string of the molecule is CCCCNS(=O)(=O)c1ccc(-c2cncc(F)c2)c(C)c1. The minimum absolute atomic E-state index is 0.217. The van der Waals surface area contributed by atoms with Gasteiger partial charge in [-0.1, -0.05) is 19.4 Å². The molecule has 0 atom stereocenters. The number of rotatable bonds is 6. The second-order valence-corrected chi connectivity index (χ2v) is 6.89. The highest BCUT2D eigenvalue weighted by Crippen LogP contribution is 2.25. The van der Waals surface area contributed by atoms with E-state index >= 15 is 0 Å². The van der Waals surface area contributed by atoms with Gasteiger partial charge in [0.25, 0.3) is 0 Å². The number of hydrogen-bond acceptors (Lipinski definition) is 3. The van der Waals surface area contributed by atoms with Crippen LogP contribution in [0.5, 0.6) is 0 Å². The Morgan fingerprint density at radius 3 is 2.64 bits per heavy atom. The summed E-state index contributed by atoms with van der Waals surface area (Å²) in [5.74, 6) is -0.421. The van der Waals surface area contributed by atoms with Crippen LogP contribution in [0, 0.1) is 12.7 Å². The van der Waals surface area contributed by atoms with Gasteiger partial charge >= 0.3 is 0 Å². The van der Waals surface area contributed by atoms with Crippen molar-refractivity contribution < 1.29 is 12.8 Å². The van der Waals surface area contributed by atoms with Crippen LogP contribution in [0.15, 0.2) is 41.6 Å². The van der Waals surface area contributed by atoms with Crippen molar-refractivity contribution in [1.82, 2.24) is 9.71 Å². The van der Waals surface area contributed by atoms with Crippen molar-refractivity contribution >= 4 is 10.0 Å². The number of halogens is 1. The van der Waals surface area contributed by atoms with Crippen LogP contribution >= 0.6 is 0 Å². The molecule has 0 saturated heterocycles. The largest absolute Gasteiger partial charge is 0.261 e. The minimum Gasteiger partial charge on any atom is -0.261 e. The maximum atomic E-state index is 13.3. The van der Waals surface area contributed by atoms with Crippen molar-refractivity contribution in [2.45, 2.75) is 31.6 Å². The van der Waals surface area contributed by atoms with Gasteiger partial charge < -0.3 is 0 Å². The molecule has 0 unspecified atom stereocenters. The zero-order valence-electron chi connectivity index (χ0n) is 12.6. The Balaban J connectivity index is 2.30. The Bertz CT molecular complexity index is 760. The van der Waals surface area contributed by atoms with Gasteiger partial charge in [0.2, 0.25) is 10.0 Å². The first-order chi connectivity index (χ1) is 10.4. The Morgan fingerprint density at radius 2 is 2.00 bits per heavy atom. The molecule has 0 spiro atoms. The highest BCUT2D eigenvalue weighted by Gasteiger charge is 2.15. The predicted octanol–water partition coefficient (Wildman–Crippen LogP) is 3.27. The summed E-state index contributed by atoms with van der Waals surface area (Å²) in [6, 6.07) is 6.18. The number of aromatic nitrogens is 1. The lowest BCUT2D eigenvalue weighted by atomic mass is 10.0. The number of aryl methyl sites for hydroxylation is 1. The lowest BCUT2D eigenvalue weighted by Gasteiger charge is -2.10.